The van der Waals surface area contributed by atoms with Gasteiger partial charge in [0.2, 0.25) is 6.79 Å². The van der Waals surface area contributed by atoms with Crippen LogP contribution in [-0.4, -0.2) is 45.4 Å². The molecule has 0 saturated carbocycles. The quantitative estimate of drug-likeness (QED) is 0.608. The van der Waals surface area contributed by atoms with Crippen LogP contribution >= 0.6 is 0 Å². The summed E-state index contributed by atoms with van der Waals surface area (Å²) in [6, 6.07) is 10.1. The van der Waals surface area contributed by atoms with Crippen LogP contribution in [0.1, 0.15) is 11.1 Å². The summed E-state index contributed by atoms with van der Waals surface area (Å²) in [5, 5.41) is 6.66. The fourth-order valence-electron chi connectivity index (χ4n) is 2.64. The van der Waals surface area contributed by atoms with Crippen LogP contribution < -0.4 is 25.0 Å². The summed E-state index contributed by atoms with van der Waals surface area (Å²) < 4.78 is 10.8. The normalized spacial score (nSPS) is 12.8. The largest absolute Gasteiger partial charge is 0.454 e. The van der Waals surface area contributed by atoms with Gasteiger partial charge in [-0.3, -0.25) is 4.99 Å². The highest BCUT2D eigenvalue weighted by atomic mass is 16.7. The number of hydrogen-bond acceptors (Lipinski definition) is 5. The first-order valence-corrected chi connectivity index (χ1v) is 8.61. The summed E-state index contributed by atoms with van der Waals surface area (Å²) in [6.07, 6.45) is 2.69. The average Bonchev–Trinajstić information content (AvgIpc) is 3.12. The molecule has 0 spiro atoms. The van der Waals surface area contributed by atoms with Gasteiger partial charge in [-0.25, -0.2) is 4.98 Å². The van der Waals surface area contributed by atoms with Crippen molar-refractivity contribution in [3.63, 3.8) is 0 Å². The van der Waals surface area contributed by atoms with Crippen molar-refractivity contribution in [1.82, 2.24) is 15.6 Å². The lowest BCUT2D eigenvalue weighted by Gasteiger charge is -2.14. The molecule has 2 aromatic rings. The average molecular weight is 355 g/mol. The Morgan fingerprint density at radius 2 is 1.96 bits per heavy atom. The Morgan fingerprint density at radius 3 is 2.77 bits per heavy atom. The number of hydrogen-bond donors (Lipinski definition) is 2. The first kappa shape index (κ1) is 17.8. The van der Waals surface area contributed by atoms with Crippen LogP contribution in [0.4, 0.5) is 5.82 Å². The van der Waals surface area contributed by atoms with Gasteiger partial charge in [0.05, 0.1) is 0 Å². The van der Waals surface area contributed by atoms with Crippen molar-refractivity contribution in [1.29, 1.82) is 0 Å². The zero-order valence-electron chi connectivity index (χ0n) is 15.5. The minimum Gasteiger partial charge on any atom is -0.454 e. The SMILES string of the molecule is CN=C(NCCc1ccc2c(c1)OCO2)NCc1ccnc(N(C)C)c1. The molecule has 2 N–H and O–H groups in total. The van der Waals surface area contributed by atoms with Gasteiger partial charge in [0.1, 0.15) is 5.82 Å². The molecular formula is C19H25N5O2. The van der Waals surface area contributed by atoms with E-state index in [9.17, 15) is 0 Å². The molecule has 7 nitrogen and oxygen atoms in total. The third-order valence-electron chi connectivity index (χ3n) is 4.09. The van der Waals surface area contributed by atoms with Gasteiger partial charge < -0.3 is 25.0 Å². The molecule has 1 aliphatic heterocycles. The molecule has 3 rings (SSSR count). The van der Waals surface area contributed by atoms with E-state index in [1.807, 2.05) is 43.4 Å². The molecule has 1 aromatic heterocycles. The van der Waals surface area contributed by atoms with E-state index in [2.05, 4.69) is 32.7 Å². The molecule has 0 saturated heterocycles. The second-order valence-corrected chi connectivity index (χ2v) is 6.21. The molecule has 0 radical (unpaired) electrons. The lowest BCUT2D eigenvalue weighted by atomic mass is 10.1. The van der Waals surface area contributed by atoms with Gasteiger partial charge in [0, 0.05) is 40.4 Å². The van der Waals surface area contributed by atoms with Gasteiger partial charge in [-0.1, -0.05) is 6.07 Å². The predicted molar refractivity (Wildman–Crippen MR) is 103 cm³/mol. The summed E-state index contributed by atoms with van der Waals surface area (Å²) in [5.74, 6) is 3.34. The molecule has 1 aromatic carbocycles. The molecule has 0 amide bonds. The second-order valence-electron chi connectivity index (χ2n) is 6.21. The summed E-state index contributed by atoms with van der Waals surface area (Å²) in [6.45, 7) is 1.77. The fourth-order valence-corrected chi connectivity index (χ4v) is 2.64. The minimum atomic E-state index is 0.304. The standard InChI is InChI=1S/C19H25N5O2/c1-20-19(23-12-15-7-8-21-18(11-15)24(2)3)22-9-6-14-4-5-16-17(10-14)26-13-25-16/h4-5,7-8,10-11H,6,9,12-13H2,1-3H3,(H2,20,22,23). The topological polar surface area (TPSA) is 71.0 Å². The zero-order valence-corrected chi connectivity index (χ0v) is 15.5. The van der Waals surface area contributed by atoms with Crippen molar-refractivity contribution in [2.75, 3.05) is 39.4 Å². The summed E-state index contributed by atoms with van der Waals surface area (Å²) in [5.41, 5.74) is 2.35. The van der Waals surface area contributed by atoms with Crippen LogP contribution in [0.25, 0.3) is 0 Å². The van der Waals surface area contributed by atoms with Crippen LogP contribution in [0.2, 0.25) is 0 Å². The number of pyridine rings is 1. The molecule has 1 aliphatic rings. The van der Waals surface area contributed by atoms with E-state index in [-0.39, 0.29) is 0 Å². The number of anilines is 1. The predicted octanol–water partition coefficient (Wildman–Crippen LogP) is 1.78. The van der Waals surface area contributed by atoms with Crippen LogP contribution in [0.3, 0.4) is 0 Å². The maximum atomic E-state index is 5.41. The number of fused-ring (bicyclic) bond motifs is 1. The van der Waals surface area contributed by atoms with Crippen molar-refractivity contribution in [2.24, 2.45) is 4.99 Å². The third kappa shape index (κ3) is 4.56. The summed E-state index contributed by atoms with van der Waals surface area (Å²) >= 11 is 0. The number of nitrogens with zero attached hydrogens (tertiary/aromatic N) is 3. The van der Waals surface area contributed by atoms with Crippen molar-refractivity contribution in [3.8, 4) is 11.5 Å². The van der Waals surface area contributed by atoms with Gasteiger partial charge in [0.15, 0.2) is 17.5 Å². The first-order chi connectivity index (χ1) is 12.7. The maximum absolute atomic E-state index is 5.41. The Kier molecular flexibility index (Phi) is 5.78. The number of rotatable bonds is 6. The highest BCUT2D eigenvalue weighted by molar-refractivity contribution is 5.79. The summed E-state index contributed by atoms with van der Waals surface area (Å²) in [7, 11) is 5.74. The fraction of sp³-hybridized carbons (Fsp3) is 0.368. The highest BCUT2D eigenvalue weighted by Crippen LogP contribution is 2.32. The second kappa shape index (κ2) is 8.42. The number of ether oxygens (including phenoxy) is 2. The Hall–Kier alpha value is -2.96. The third-order valence-corrected chi connectivity index (χ3v) is 4.09. The lowest BCUT2D eigenvalue weighted by molar-refractivity contribution is 0.174. The smallest absolute Gasteiger partial charge is 0.231 e. The number of nitrogens with one attached hydrogen (secondary N) is 2. The van der Waals surface area contributed by atoms with Crippen LogP contribution in [-0.2, 0) is 13.0 Å². The number of aromatic nitrogens is 1. The van der Waals surface area contributed by atoms with Crippen molar-refractivity contribution >= 4 is 11.8 Å². The highest BCUT2D eigenvalue weighted by Gasteiger charge is 2.12. The van der Waals surface area contributed by atoms with E-state index in [0.717, 1.165) is 41.8 Å². The van der Waals surface area contributed by atoms with Crippen molar-refractivity contribution < 1.29 is 9.47 Å². The van der Waals surface area contributed by atoms with E-state index < -0.39 is 0 Å². The molecule has 0 aliphatic carbocycles. The molecular weight excluding hydrogens is 330 g/mol. The molecule has 0 atom stereocenters. The van der Waals surface area contributed by atoms with E-state index >= 15 is 0 Å². The van der Waals surface area contributed by atoms with E-state index in [1.165, 1.54) is 5.56 Å². The van der Waals surface area contributed by atoms with E-state index in [4.69, 9.17) is 9.47 Å². The van der Waals surface area contributed by atoms with Gasteiger partial charge in [-0.2, -0.15) is 0 Å². The van der Waals surface area contributed by atoms with Gasteiger partial charge in [-0.05, 0) is 41.8 Å². The Bertz CT molecular complexity index is 776. The van der Waals surface area contributed by atoms with Crippen LogP contribution in [0.15, 0.2) is 41.5 Å². The van der Waals surface area contributed by atoms with Gasteiger partial charge in [-0.15, -0.1) is 0 Å². The van der Waals surface area contributed by atoms with Crippen molar-refractivity contribution in [2.45, 2.75) is 13.0 Å². The van der Waals surface area contributed by atoms with E-state index in [1.54, 1.807) is 7.05 Å². The molecule has 7 heteroatoms. The lowest BCUT2D eigenvalue weighted by Crippen LogP contribution is -2.37. The molecule has 138 valence electrons. The molecule has 0 unspecified atom stereocenters. The van der Waals surface area contributed by atoms with Crippen LogP contribution in [0, 0.1) is 0 Å². The maximum Gasteiger partial charge on any atom is 0.231 e. The van der Waals surface area contributed by atoms with Crippen LogP contribution in [0.5, 0.6) is 11.5 Å². The van der Waals surface area contributed by atoms with Crippen molar-refractivity contribution in [3.05, 3.63) is 47.7 Å². The number of benzene rings is 1. The van der Waals surface area contributed by atoms with Gasteiger partial charge >= 0.3 is 0 Å². The number of guanidine groups is 1. The van der Waals surface area contributed by atoms with Gasteiger partial charge in [0.25, 0.3) is 0 Å². The molecule has 2 heterocycles. The Morgan fingerprint density at radius 1 is 1.12 bits per heavy atom. The monoisotopic (exact) mass is 355 g/mol. The minimum absolute atomic E-state index is 0.304. The molecule has 0 bridgehead atoms. The summed E-state index contributed by atoms with van der Waals surface area (Å²) in [4.78, 5) is 10.6. The molecule has 0 fully saturated rings. The first-order valence-electron chi connectivity index (χ1n) is 8.61. The van der Waals surface area contributed by atoms with E-state index in [0.29, 0.717) is 13.3 Å². The molecule has 26 heavy (non-hydrogen) atoms. The Labute approximate surface area is 154 Å². The zero-order chi connectivity index (χ0) is 18.4. The number of aliphatic imine (C=N–C) groups is 1. The Balaban J connectivity index is 1.47.